The number of fused-ring (bicyclic) bond motifs is 1. The summed E-state index contributed by atoms with van der Waals surface area (Å²) in [6, 6.07) is 9.89. The minimum atomic E-state index is -0.00406. The molecule has 4 heterocycles. The van der Waals surface area contributed by atoms with Crippen molar-refractivity contribution in [2.45, 2.75) is 25.9 Å². The van der Waals surface area contributed by atoms with E-state index in [1.807, 2.05) is 37.3 Å². The molecule has 2 aromatic heterocycles. The molecule has 0 atom stereocenters. The molecule has 32 heavy (non-hydrogen) atoms. The zero-order valence-corrected chi connectivity index (χ0v) is 18.9. The SMILES string of the molecule is Cc1cc(OC2CCN(C)CC2)ccc1Nc1nc(O)c(C=C2C=Nc3ncccc32)s1. The summed E-state index contributed by atoms with van der Waals surface area (Å²) in [7, 11) is 2.15. The van der Waals surface area contributed by atoms with Crippen LogP contribution in [0.25, 0.3) is 11.6 Å². The number of hydrogen-bond donors (Lipinski definition) is 2. The fraction of sp³-hybridized carbons (Fsp3) is 0.292. The van der Waals surface area contributed by atoms with E-state index >= 15 is 0 Å². The Morgan fingerprint density at radius 1 is 1.25 bits per heavy atom. The number of nitrogens with one attached hydrogen (secondary N) is 1. The zero-order valence-electron chi connectivity index (χ0n) is 18.1. The largest absolute Gasteiger partial charge is 0.492 e. The third-order valence-electron chi connectivity index (χ3n) is 5.75. The number of allylic oxidation sites excluding steroid dienone is 1. The Kier molecular flexibility index (Phi) is 5.63. The summed E-state index contributed by atoms with van der Waals surface area (Å²) in [6.07, 6.45) is 7.75. The molecule has 0 radical (unpaired) electrons. The lowest BCUT2D eigenvalue weighted by atomic mass is 10.1. The van der Waals surface area contributed by atoms with Gasteiger partial charge in [-0.15, -0.1) is 0 Å². The highest BCUT2D eigenvalue weighted by Gasteiger charge is 2.19. The minimum absolute atomic E-state index is 0.00406. The number of aromatic nitrogens is 2. The predicted octanol–water partition coefficient (Wildman–Crippen LogP) is 5.03. The fourth-order valence-corrected chi connectivity index (χ4v) is 4.74. The van der Waals surface area contributed by atoms with Crippen LogP contribution in [0.5, 0.6) is 11.6 Å². The molecule has 0 unspecified atom stereocenters. The average Bonchev–Trinajstić information content (AvgIpc) is 3.35. The van der Waals surface area contributed by atoms with Gasteiger partial charge in [0.05, 0.1) is 4.88 Å². The highest BCUT2D eigenvalue weighted by Crippen LogP contribution is 2.37. The van der Waals surface area contributed by atoms with E-state index in [9.17, 15) is 5.11 Å². The molecule has 1 saturated heterocycles. The fourth-order valence-electron chi connectivity index (χ4n) is 3.91. The van der Waals surface area contributed by atoms with Crippen LogP contribution >= 0.6 is 11.3 Å². The number of rotatable bonds is 5. The van der Waals surface area contributed by atoms with Crippen LogP contribution in [-0.4, -0.2) is 52.4 Å². The number of hydrogen-bond acceptors (Lipinski definition) is 8. The van der Waals surface area contributed by atoms with Crippen LogP contribution in [0.15, 0.2) is 41.5 Å². The molecule has 1 aromatic carbocycles. The van der Waals surface area contributed by atoms with Gasteiger partial charge in [0.2, 0.25) is 5.88 Å². The predicted molar refractivity (Wildman–Crippen MR) is 130 cm³/mol. The number of anilines is 2. The smallest absolute Gasteiger partial charge is 0.231 e. The molecular formula is C24H25N5O2S. The molecule has 0 aliphatic carbocycles. The number of pyridine rings is 1. The summed E-state index contributed by atoms with van der Waals surface area (Å²) >= 11 is 1.39. The third-order valence-corrected chi connectivity index (χ3v) is 6.66. The van der Waals surface area contributed by atoms with Crippen LogP contribution in [0.2, 0.25) is 0 Å². The van der Waals surface area contributed by atoms with Crippen molar-refractivity contribution in [1.82, 2.24) is 14.9 Å². The van der Waals surface area contributed by atoms with Crippen LogP contribution in [-0.2, 0) is 0 Å². The first-order valence-corrected chi connectivity index (χ1v) is 11.5. The number of likely N-dealkylation sites (tertiary alicyclic amines) is 1. The van der Waals surface area contributed by atoms with Gasteiger partial charge in [0.25, 0.3) is 0 Å². The maximum atomic E-state index is 10.4. The molecule has 7 nitrogen and oxygen atoms in total. The van der Waals surface area contributed by atoms with Gasteiger partial charge in [-0.25, -0.2) is 9.98 Å². The molecule has 2 aliphatic rings. The molecular weight excluding hydrogens is 422 g/mol. The lowest BCUT2D eigenvalue weighted by molar-refractivity contribution is 0.114. The van der Waals surface area contributed by atoms with E-state index < -0.39 is 0 Å². The average molecular weight is 448 g/mol. The number of ether oxygens (including phenoxy) is 1. The normalized spacial score (nSPS) is 17.6. The van der Waals surface area contributed by atoms with Crippen molar-refractivity contribution in [2.24, 2.45) is 4.99 Å². The standard InChI is InChI=1S/C24H25N5O2S/c1-15-12-18(31-17-7-10-29(2)11-8-17)5-6-20(15)27-24-28-23(30)21(32-24)13-16-14-26-22-19(16)4-3-9-25-22/h3-6,9,12-14,17,30H,7-8,10-11H2,1-2H3,(H,27,28). The lowest BCUT2D eigenvalue weighted by Crippen LogP contribution is -2.35. The Balaban J connectivity index is 1.29. The van der Waals surface area contributed by atoms with Gasteiger partial charge < -0.3 is 20.1 Å². The Morgan fingerprint density at radius 3 is 2.91 bits per heavy atom. The summed E-state index contributed by atoms with van der Waals surface area (Å²) in [5, 5.41) is 14.3. The Morgan fingerprint density at radius 2 is 2.09 bits per heavy atom. The van der Waals surface area contributed by atoms with Gasteiger partial charge in [0, 0.05) is 42.3 Å². The van der Waals surface area contributed by atoms with Crippen molar-refractivity contribution in [3.63, 3.8) is 0 Å². The van der Waals surface area contributed by atoms with Crippen molar-refractivity contribution < 1.29 is 9.84 Å². The van der Waals surface area contributed by atoms with E-state index in [-0.39, 0.29) is 12.0 Å². The van der Waals surface area contributed by atoms with Gasteiger partial charge in [0.1, 0.15) is 11.9 Å². The number of thiazole rings is 1. The summed E-state index contributed by atoms with van der Waals surface area (Å²) in [5.74, 6) is 1.58. The summed E-state index contributed by atoms with van der Waals surface area (Å²) in [4.78, 5) is 15.9. The van der Waals surface area contributed by atoms with E-state index in [1.165, 1.54) is 11.3 Å². The van der Waals surface area contributed by atoms with E-state index in [2.05, 4.69) is 38.3 Å². The third kappa shape index (κ3) is 4.37. The topological polar surface area (TPSA) is 82.9 Å². The maximum absolute atomic E-state index is 10.4. The first-order valence-electron chi connectivity index (χ1n) is 10.7. The van der Waals surface area contributed by atoms with Crippen molar-refractivity contribution in [2.75, 3.05) is 25.5 Å². The summed E-state index contributed by atoms with van der Waals surface area (Å²) < 4.78 is 6.18. The second-order valence-electron chi connectivity index (χ2n) is 8.16. The van der Waals surface area contributed by atoms with Gasteiger partial charge in [-0.2, -0.15) is 4.98 Å². The molecule has 2 N–H and O–H groups in total. The molecule has 1 fully saturated rings. The lowest BCUT2D eigenvalue weighted by Gasteiger charge is -2.29. The highest BCUT2D eigenvalue weighted by atomic mass is 32.1. The summed E-state index contributed by atoms with van der Waals surface area (Å²) in [5.41, 5.74) is 3.86. The van der Waals surface area contributed by atoms with Crippen LogP contribution in [0.4, 0.5) is 16.6 Å². The van der Waals surface area contributed by atoms with Crippen LogP contribution in [0.1, 0.15) is 28.8 Å². The first-order chi connectivity index (χ1) is 15.5. The quantitative estimate of drug-likeness (QED) is 0.571. The number of aromatic hydroxyl groups is 1. The molecule has 164 valence electrons. The van der Waals surface area contributed by atoms with E-state index in [1.54, 1.807) is 12.4 Å². The molecule has 0 amide bonds. The Labute approximate surface area is 191 Å². The number of piperidine rings is 1. The minimum Gasteiger partial charge on any atom is -0.492 e. The molecule has 3 aromatic rings. The highest BCUT2D eigenvalue weighted by molar-refractivity contribution is 7.16. The molecule has 0 saturated carbocycles. The second kappa shape index (κ2) is 8.72. The van der Waals surface area contributed by atoms with Crippen LogP contribution in [0.3, 0.4) is 0 Å². The van der Waals surface area contributed by atoms with E-state index in [0.717, 1.165) is 54.1 Å². The molecule has 8 heteroatoms. The van der Waals surface area contributed by atoms with Crippen LogP contribution < -0.4 is 10.1 Å². The Hall–Kier alpha value is -3.23. The number of nitrogens with zero attached hydrogens (tertiary/aromatic N) is 4. The van der Waals surface area contributed by atoms with Crippen molar-refractivity contribution >= 4 is 45.8 Å². The maximum Gasteiger partial charge on any atom is 0.231 e. The van der Waals surface area contributed by atoms with E-state index in [4.69, 9.17) is 4.74 Å². The first kappa shape index (κ1) is 20.7. The second-order valence-corrected chi connectivity index (χ2v) is 9.19. The number of aliphatic imine (C=N–C) groups is 1. The summed E-state index contributed by atoms with van der Waals surface area (Å²) in [6.45, 7) is 4.19. The van der Waals surface area contributed by atoms with Crippen molar-refractivity contribution in [3.8, 4) is 11.6 Å². The van der Waals surface area contributed by atoms with E-state index in [0.29, 0.717) is 15.8 Å². The van der Waals surface area contributed by atoms with Gasteiger partial charge in [-0.3, -0.25) is 0 Å². The molecule has 2 aliphatic heterocycles. The zero-order chi connectivity index (χ0) is 22.1. The van der Waals surface area contributed by atoms with Gasteiger partial charge in [0.15, 0.2) is 10.9 Å². The Bertz CT molecular complexity index is 1190. The van der Waals surface area contributed by atoms with Crippen LogP contribution in [0, 0.1) is 6.92 Å². The number of benzene rings is 1. The van der Waals surface area contributed by atoms with Crippen molar-refractivity contribution in [3.05, 3.63) is 52.5 Å². The van der Waals surface area contributed by atoms with Gasteiger partial charge >= 0.3 is 0 Å². The molecule has 0 bridgehead atoms. The van der Waals surface area contributed by atoms with Gasteiger partial charge in [-0.1, -0.05) is 11.3 Å². The molecule has 0 spiro atoms. The molecule has 5 rings (SSSR count). The van der Waals surface area contributed by atoms with Crippen molar-refractivity contribution in [1.29, 1.82) is 0 Å². The monoisotopic (exact) mass is 447 g/mol. The number of aryl methyl sites for hydroxylation is 1. The van der Waals surface area contributed by atoms with Gasteiger partial charge in [-0.05, 0) is 68.8 Å².